The molecule has 1 unspecified atom stereocenters. The van der Waals surface area contributed by atoms with Crippen LogP contribution in [0.1, 0.15) is 17.2 Å². The van der Waals surface area contributed by atoms with E-state index in [1.165, 1.54) is 12.1 Å². The molecule has 3 N–H and O–H groups in total. The molecule has 2 rings (SSSR count). The quantitative estimate of drug-likeness (QED) is 0.653. The number of hydrazine groups is 1. The molecule has 1 atom stereocenters. The first-order valence-electron chi connectivity index (χ1n) is 6.18. The van der Waals surface area contributed by atoms with Gasteiger partial charge in [0.05, 0.1) is 13.2 Å². The zero-order valence-corrected chi connectivity index (χ0v) is 11.1. The second kappa shape index (κ2) is 6.45. The predicted molar refractivity (Wildman–Crippen MR) is 73.1 cm³/mol. The molecule has 0 spiro atoms. The molecule has 2 aromatic carbocycles. The number of halogens is 2. The highest BCUT2D eigenvalue weighted by molar-refractivity contribution is 5.30. The maximum Gasteiger partial charge on any atom is 0.130 e. The number of rotatable bonds is 5. The lowest BCUT2D eigenvalue weighted by atomic mass is 9.99. The van der Waals surface area contributed by atoms with Gasteiger partial charge in [0.1, 0.15) is 17.4 Å². The monoisotopic (exact) mass is 278 g/mol. The molecule has 106 valence electrons. The zero-order valence-electron chi connectivity index (χ0n) is 11.1. The minimum Gasteiger partial charge on any atom is -0.497 e. The fraction of sp³-hybridized carbons (Fsp3) is 0.200. The van der Waals surface area contributed by atoms with Crippen molar-refractivity contribution in [2.75, 3.05) is 7.11 Å². The van der Waals surface area contributed by atoms with Crippen LogP contribution in [0.4, 0.5) is 8.78 Å². The molecule has 3 nitrogen and oxygen atoms in total. The third kappa shape index (κ3) is 3.31. The second-order valence-electron chi connectivity index (χ2n) is 4.44. The third-order valence-electron chi connectivity index (χ3n) is 3.14. The number of benzene rings is 2. The molecule has 0 saturated carbocycles. The SMILES string of the molecule is COc1ccc(CC(NN)c2ccc(F)cc2F)cc1. The van der Waals surface area contributed by atoms with Crippen molar-refractivity contribution in [3.05, 3.63) is 65.2 Å². The lowest BCUT2D eigenvalue weighted by Crippen LogP contribution is -2.30. The fourth-order valence-corrected chi connectivity index (χ4v) is 2.04. The zero-order chi connectivity index (χ0) is 14.5. The Morgan fingerprint density at radius 2 is 1.85 bits per heavy atom. The smallest absolute Gasteiger partial charge is 0.130 e. The third-order valence-corrected chi connectivity index (χ3v) is 3.14. The van der Waals surface area contributed by atoms with Crippen molar-refractivity contribution in [3.8, 4) is 5.75 Å². The summed E-state index contributed by atoms with van der Waals surface area (Å²) in [5.41, 5.74) is 3.87. The van der Waals surface area contributed by atoms with Crippen LogP contribution in [-0.2, 0) is 6.42 Å². The van der Waals surface area contributed by atoms with Crippen LogP contribution in [-0.4, -0.2) is 7.11 Å². The van der Waals surface area contributed by atoms with Crippen molar-refractivity contribution < 1.29 is 13.5 Å². The summed E-state index contributed by atoms with van der Waals surface area (Å²) in [6.45, 7) is 0. The first-order chi connectivity index (χ1) is 9.63. The Kier molecular flexibility index (Phi) is 4.65. The van der Waals surface area contributed by atoms with E-state index >= 15 is 0 Å². The van der Waals surface area contributed by atoms with E-state index in [2.05, 4.69) is 5.43 Å². The number of ether oxygens (including phenoxy) is 1. The molecule has 0 amide bonds. The summed E-state index contributed by atoms with van der Waals surface area (Å²) >= 11 is 0. The summed E-state index contributed by atoms with van der Waals surface area (Å²) in [6, 6.07) is 10.5. The number of methoxy groups -OCH3 is 1. The maximum atomic E-state index is 13.8. The van der Waals surface area contributed by atoms with E-state index in [4.69, 9.17) is 10.6 Å². The highest BCUT2D eigenvalue weighted by atomic mass is 19.1. The Morgan fingerprint density at radius 1 is 1.15 bits per heavy atom. The molecule has 0 aliphatic rings. The van der Waals surface area contributed by atoms with Crippen LogP contribution in [0.3, 0.4) is 0 Å². The molecule has 0 bridgehead atoms. The molecule has 0 saturated heterocycles. The van der Waals surface area contributed by atoms with Crippen LogP contribution in [0.2, 0.25) is 0 Å². The van der Waals surface area contributed by atoms with Gasteiger partial charge in [0.25, 0.3) is 0 Å². The first kappa shape index (κ1) is 14.4. The topological polar surface area (TPSA) is 47.3 Å². The Hall–Kier alpha value is -1.98. The summed E-state index contributed by atoms with van der Waals surface area (Å²) in [5.74, 6) is 5.01. The van der Waals surface area contributed by atoms with Crippen LogP contribution in [0.15, 0.2) is 42.5 Å². The van der Waals surface area contributed by atoms with E-state index in [0.717, 1.165) is 17.4 Å². The van der Waals surface area contributed by atoms with E-state index in [9.17, 15) is 8.78 Å². The van der Waals surface area contributed by atoms with Gasteiger partial charge < -0.3 is 4.74 Å². The van der Waals surface area contributed by atoms with E-state index in [-0.39, 0.29) is 0 Å². The van der Waals surface area contributed by atoms with Crippen LogP contribution in [0.25, 0.3) is 0 Å². The number of hydrogen-bond donors (Lipinski definition) is 2. The summed E-state index contributed by atoms with van der Waals surface area (Å²) in [6.07, 6.45) is 0.489. The molecule has 0 fully saturated rings. The first-order valence-corrected chi connectivity index (χ1v) is 6.18. The minimum absolute atomic E-state index is 0.338. The van der Waals surface area contributed by atoms with Gasteiger partial charge in [-0.05, 0) is 30.2 Å². The number of hydrogen-bond acceptors (Lipinski definition) is 3. The molecule has 20 heavy (non-hydrogen) atoms. The summed E-state index contributed by atoms with van der Waals surface area (Å²) in [5, 5.41) is 0. The second-order valence-corrected chi connectivity index (χ2v) is 4.44. The molecular formula is C15H16F2N2O. The molecule has 2 aromatic rings. The predicted octanol–water partition coefficient (Wildman–Crippen LogP) is 2.72. The van der Waals surface area contributed by atoms with Gasteiger partial charge in [0.15, 0.2) is 0 Å². The van der Waals surface area contributed by atoms with E-state index in [1.807, 2.05) is 24.3 Å². The van der Waals surface area contributed by atoms with E-state index in [0.29, 0.717) is 12.0 Å². The summed E-state index contributed by atoms with van der Waals surface area (Å²) < 4.78 is 31.7. The van der Waals surface area contributed by atoms with Crippen LogP contribution in [0, 0.1) is 11.6 Å². The van der Waals surface area contributed by atoms with Gasteiger partial charge in [0, 0.05) is 11.6 Å². The van der Waals surface area contributed by atoms with Gasteiger partial charge in [-0.25, -0.2) is 8.78 Å². The fourth-order valence-electron chi connectivity index (χ4n) is 2.04. The summed E-state index contributed by atoms with van der Waals surface area (Å²) in [7, 11) is 1.59. The van der Waals surface area contributed by atoms with Crippen molar-refractivity contribution in [3.63, 3.8) is 0 Å². The molecular weight excluding hydrogens is 262 g/mol. The van der Waals surface area contributed by atoms with Gasteiger partial charge >= 0.3 is 0 Å². The van der Waals surface area contributed by atoms with Gasteiger partial charge in [-0.3, -0.25) is 11.3 Å². The van der Waals surface area contributed by atoms with Gasteiger partial charge in [-0.15, -0.1) is 0 Å². The molecule has 5 heteroatoms. The van der Waals surface area contributed by atoms with Crippen molar-refractivity contribution in [1.29, 1.82) is 0 Å². The molecule has 0 aliphatic heterocycles. The Balaban J connectivity index is 2.19. The summed E-state index contributed by atoms with van der Waals surface area (Å²) in [4.78, 5) is 0. The lowest BCUT2D eigenvalue weighted by Gasteiger charge is -2.17. The molecule has 0 aromatic heterocycles. The van der Waals surface area contributed by atoms with Gasteiger partial charge in [-0.1, -0.05) is 18.2 Å². The van der Waals surface area contributed by atoms with Crippen LogP contribution in [0.5, 0.6) is 5.75 Å². The van der Waals surface area contributed by atoms with E-state index < -0.39 is 17.7 Å². The number of nitrogens with two attached hydrogens (primary N) is 1. The molecule has 0 aliphatic carbocycles. The van der Waals surface area contributed by atoms with Gasteiger partial charge in [-0.2, -0.15) is 0 Å². The van der Waals surface area contributed by atoms with Crippen molar-refractivity contribution in [1.82, 2.24) is 5.43 Å². The van der Waals surface area contributed by atoms with Crippen LogP contribution >= 0.6 is 0 Å². The van der Waals surface area contributed by atoms with Crippen molar-refractivity contribution in [2.24, 2.45) is 5.84 Å². The highest BCUT2D eigenvalue weighted by Gasteiger charge is 2.15. The number of nitrogens with one attached hydrogen (secondary N) is 1. The average molecular weight is 278 g/mol. The average Bonchev–Trinajstić information content (AvgIpc) is 2.46. The molecule has 0 heterocycles. The van der Waals surface area contributed by atoms with Crippen molar-refractivity contribution >= 4 is 0 Å². The molecule has 0 radical (unpaired) electrons. The lowest BCUT2D eigenvalue weighted by molar-refractivity contribution is 0.414. The Labute approximate surface area is 116 Å². The Morgan fingerprint density at radius 3 is 2.40 bits per heavy atom. The normalized spacial score (nSPS) is 12.2. The highest BCUT2D eigenvalue weighted by Crippen LogP contribution is 2.22. The minimum atomic E-state index is -0.610. The maximum absolute atomic E-state index is 13.8. The van der Waals surface area contributed by atoms with E-state index in [1.54, 1.807) is 7.11 Å². The Bertz CT molecular complexity index is 573. The van der Waals surface area contributed by atoms with Crippen molar-refractivity contribution in [2.45, 2.75) is 12.5 Å². The largest absolute Gasteiger partial charge is 0.497 e. The van der Waals surface area contributed by atoms with Crippen LogP contribution < -0.4 is 16.0 Å². The van der Waals surface area contributed by atoms with Gasteiger partial charge in [0.2, 0.25) is 0 Å². The standard InChI is InChI=1S/C15H16F2N2O/c1-20-12-5-2-10(3-6-12)8-15(19-18)13-7-4-11(16)9-14(13)17/h2-7,9,15,19H,8,18H2,1H3.